The van der Waals surface area contributed by atoms with Crippen LogP contribution in [0.15, 0.2) is 6.08 Å². The second-order valence-corrected chi connectivity index (χ2v) is 6.53. The lowest BCUT2D eigenvalue weighted by atomic mass is 9.89. The highest BCUT2D eigenvalue weighted by Crippen LogP contribution is 2.38. The summed E-state index contributed by atoms with van der Waals surface area (Å²) < 4.78 is 1.88. The topological polar surface area (TPSA) is 47.1 Å². The number of hydrogen-bond donors (Lipinski definition) is 1. The first-order valence-corrected chi connectivity index (χ1v) is 8.44. The average Bonchev–Trinajstić information content (AvgIpc) is 3.06. The van der Waals surface area contributed by atoms with Gasteiger partial charge in [0.25, 0.3) is 0 Å². The maximum absolute atomic E-state index is 6.34. The van der Waals surface area contributed by atoms with Gasteiger partial charge in [-0.15, -0.1) is 0 Å². The molecule has 116 valence electrons. The van der Waals surface area contributed by atoms with Gasteiger partial charge in [0.05, 0.1) is 5.69 Å². The number of aromatic nitrogens is 2. The van der Waals surface area contributed by atoms with E-state index >= 15 is 0 Å². The summed E-state index contributed by atoms with van der Waals surface area (Å²) in [4.78, 5) is 2.56. The minimum Gasteiger partial charge on any atom is -0.383 e. The van der Waals surface area contributed by atoms with Gasteiger partial charge < -0.3 is 10.6 Å². The van der Waals surface area contributed by atoms with Crippen LogP contribution in [0.2, 0.25) is 0 Å². The zero-order chi connectivity index (χ0) is 14.8. The van der Waals surface area contributed by atoms with Crippen LogP contribution in [-0.2, 0) is 7.05 Å². The van der Waals surface area contributed by atoms with Gasteiger partial charge in [0.15, 0.2) is 0 Å². The Balaban J connectivity index is 1.89. The van der Waals surface area contributed by atoms with Crippen molar-refractivity contribution in [3.63, 3.8) is 0 Å². The Kier molecular flexibility index (Phi) is 4.34. The fraction of sp³-hybridized carbons (Fsp3) is 0.706. The van der Waals surface area contributed by atoms with Gasteiger partial charge in [-0.05, 0) is 57.2 Å². The maximum Gasteiger partial charge on any atom is 0.129 e. The Morgan fingerprint density at radius 3 is 2.95 bits per heavy atom. The van der Waals surface area contributed by atoms with E-state index in [1.54, 1.807) is 0 Å². The van der Waals surface area contributed by atoms with Crippen molar-refractivity contribution in [1.29, 1.82) is 0 Å². The lowest BCUT2D eigenvalue weighted by Gasteiger charge is -2.17. The van der Waals surface area contributed by atoms with Gasteiger partial charge in [0.2, 0.25) is 0 Å². The van der Waals surface area contributed by atoms with Gasteiger partial charge in [-0.3, -0.25) is 4.68 Å². The van der Waals surface area contributed by atoms with Crippen LogP contribution >= 0.6 is 0 Å². The largest absolute Gasteiger partial charge is 0.383 e. The molecule has 21 heavy (non-hydrogen) atoms. The first-order chi connectivity index (χ1) is 10.2. The molecule has 1 atom stereocenters. The van der Waals surface area contributed by atoms with Crippen LogP contribution in [0.5, 0.6) is 0 Å². The van der Waals surface area contributed by atoms with E-state index in [1.165, 1.54) is 62.0 Å². The van der Waals surface area contributed by atoms with E-state index in [4.69, 9.17) is 10.8 Å². The van der Waals surface area contributed by atoms with Crippen molar-refractivity contribution < 1.29 is 0 Å². The average molecular weight is 288 g/mol. The number of hydrogen-bond acceptors (Lipinski definition) is 3. The molecule has 4 heteroatoms. The maximum atomic E-state index is 6.34. The van der Waals surface area contributed by atoms with E-state index in [0.717, 1.165) is 18.8 Å². The summed E-state index contributed by atoms with van der Waals surface area (Å²) in [6, 6.07) is 0. The first-order valence-electron chi connectivity index (χ1n) is 8.44. The van der Waals surface area contributed by atoms with Crippen LogP contribution in [0.25, 0.3) is 5.57 Å². The van der Waals surface area contributed by atoms with E-state index in [9.17, 15) is 0 Å². The Morgan fingerprint density at radius 1 is 1.38 bits per heavy atom. The summed E-state index contributed by atoms with van der Waals surface area (Å²) in [5.41, 5.74) is 10.3. The number of rotatable bonds is 4. The predicted molar refractivity (Wildman–Crippen MR) is 88.2 cm³/mol. The van der Waals surface area contributed by atoms with Crippen LogP contribution in [-0.4, -0.2) is 34.3 Å². The molecule has 0 bridgehead atoms. The van der Waals surface area contributed by atoms with Gasteiger partial charge in [-0.1, -0.05) is 13.0 Å². The summed E-state index contributed by atoms with van der Waals surface area (Å²) in [5.74, 6) is 1.41. The molecule has 0 aromatic carbocycles. The predicted octanol–water partition coefficient (Wildman–Crippen LogP) is 3.16. The molecular weight excluding hydrogens is 260 g/mol. The Bertz CT molecular complexity index is 529. The number of nitrogen functional groups attached to an aromatic ring is 1. The molecule has 1 aromatic heterocycles. The number of anilines is 1. The summed E-state index contributed by atoms with van der Waals surface area (Å²) in [6.45, 7) is 5.80. The van der Waals surface area contributed by atoms with E-state index in [0.29, 0.717) is 5.92 Å². The molecule has 1 aromatic rings. The lowest BCUT2D eigenvalue weighted by molar-refractivity contribution is 0.334. The van der Waals surface area contributed by atoms with Gasteiger partial charge in [-0.2, -0.15) is 5.10 Å². The van der Waals surface area contributed by atoms with Crippen molar-refractivity contribution in [2.24, 2.45) is 7.05 Å². The standard InChI is InChI=1S/C17H28N4/c1-3-10-21-11-9-14(12-21)16-15(17(18)20(2)19-16)13-7-5-4-6-8-13/h7,14H,3-6,8-12,18H2,1-2H3. The van der Waals surface area contributed by atoms with Crippen molar-refractivity contribution in [1.82, 2.24) is 14.7 Å². The molecule has 1 fully saturated rings. The van der Waals surface area contributed by atoms with Gasteiger partial charge >= 0.3 is 0 Å². The lowest BCUT2D eigenvalue weighted by Crippen LogP contribution is -2.21. The van der Waals surface area contributed by atoms with E-state index in [-0.39, 0.29) is 0 Å². The number of nitrogens with zero attached hydrogens (tertiary/aromatic N) is 3. The Hall–Kier alpha value is -1.29. The van der Waals surface area contributed by atoms with Crippen LogP contribution in [0.3, 0.4) is 0 Å². The van der Waals surface area contributed by atoms with Crippen molar-refractivity contribution in [2.45, 2.75) is 51.4 Å². The highest BCUT2D eigenvalue weighted by molar-refractivity contribution is 5.76. The third kappa shape index (κ3) is 2.86. The third-order valence-corrected chi connectivity index (χ3v) is 4.93. The van der Waals surface area contributed by atoms with Crippen molar-refractivity contribution in [3.05, 3.63) is 17.3 Å². The van der Waals surface area contributed by atoms with Crippen molar-refractivity contribution >= 4 is 11.4 Å². The molecule has 0 saturated carbocycles. The van der Waals surface area contributed by atoms with Crippen LogP contribution in [0.1, 0.15) is 62.6 Å². The molecule has 1 unspecified atom stereocenters. The quantitative estimate of drug-likeness (QED) is 0.925. The third-order valence-electron chi connectivity index (χ3n) is 4.93. The summed E-state index contributed by atoms with van der Waals surface area (Å²) >= 11 is 0. The molecule has 2 heterocycles. The molecule has 4 nitrogen and oxygen atoms in total. The Labute approximate surface area is 128 Å². The SMILES string of the molecule is CCCN1CCC(c2nn(C)c(N)c2C2=CCCCC2)C1. The fourth-order valence-corrected chi connectivity index (χ4v) is 3.81. The monoisotopic (exact) mass is 288 g/mol. The number of nitrogens with two attached hydrogens (primary N) is 1. The van der Waals surface area contributed by atoms with Gasteiger partial charge in [0.1, 0.15) is 5.82 Å². The number of aryl methyl sites for hydroxylation is 1. The van der Waals surface area contributed by atoms with E-state index in [1.807, 2.05) is 11.7 Å². The number of likely N-dealkylation sites (tertiary alicyclic amines) is 1. The summed E-state index contributed by atoms with van der Waals surface area (Å²) in [7, 11) is 1.98. The molecule has 2 N–H and O–H groups in total. The van der Waals surface area contributed by atoms with Crippen LogP contribution in [0, 0.1) is 0 Å². The second-order valence-electron chi connectivity index (χ2n) is 6.53. The summed E-state index contributed by atoms with van der Waals surface area (Å²) in [5, 5.41) is 4.79. The van der Waals surface area contributed by atoms with Gasteiger partial charge in [-0.25, -0.2) is 0 Å². The zero-order valence-corrected chi connectivity index (χ0v) is 13.4. The first kappa shape index (κ1) is 14.6. The molecule has 1 saturated heterocycles. The van der Waals surface area contributed by atoms with Crippen LogP contribution in [0.4, 0.5) is 5.82 Å². The summed E-state index contributed by atoms with van der Waals surface area (Å²) in [6.07, 6.45) is 9.79. The molecule has 0 spiro atoms. The molecule has 1 aliphatic carbocycles. The van der Waals surface area contributed by atoms with Crippen molar-refractivity contribution in [2.75, 3.05) is 25.4 Å². The normalized spacial score (nSPS) is 23.5. The fourth-order valence-electron chi connectivity index (χ4n) is 3.81. The molecule has 0 radical (unpaired) electrons. The molecule has 1 aliphatic heterocycles. The second kappa shape index (κ2) is 6.22. The van der Waals surface area contributed by atoms with Gasteiger partial charge in [0, 0.05) is 25.1 Å². The Morgan fingerprint density at radius 2 is 2.24 bits per heavy atom. The van der Waals surface area contributed by atoms with E-state index < -0.39 is 0 Å². The molecule has 0 amide bonds. The van der Waals surface area contributed by atoms with E-state index in [2.05, 4.69) is 17.9 Å². The highest BCUT2D eigenvalue weighted by Gasteiger charge is 2.30. The van der Waals surface area contributed by atoms with Crippen LogP contribution < -0.4 is 5.73 Å². The number of allylic oxidation sites excluding steroid dienone is 2. The zero-order valence-electron chi connectivity index (χ0n) is 13.4. The van der Waals surface area contributed by atoms with Crippen molar-refractivity contribution in [3.8, 4) is 0 Å². The minimum atomic E-state index is 0.554. The molecule has 2 aliphatic rings. The molecule has 3 rings (SSSR count). The minimum absolute atomic E-state index is 0.554. The smallest absolute Gasteiger partial charge is 0.129 e. The highest BCUT2D eigenvalue weighted by atomic mass is 15.3. The molecular formula is C17H28N4.